The average Bonchev–Trinajstić information content (AvgIpc) is 2.65. The van der Waals surface area contributed by atoms with E-state index in [-0.39, 0.29) is 11.5 Å². The Bertz CT molecular complexity index is 458. The molecule has 0 aliphatic rings. The van der Waals surface area contributed by atoms with Gasteiger partial charge in [0.05, 0.1) is 11.4 Å². The molecular formula is C12H20O3S2. The Kier molecular flexibility index (Phi) is 4.75. The summed E-state index contributed by atoms with van der Waals surface area (Å²) in [7, 11) is -2.93. The van der Waals surface area contributed by atoms with Crippen LogP contribution in [-0.2, 0) is 15.4 Å². The monoisotopic (exact) mass is 276 g/mol. The molecule has 0 radical (unpaired) electrons. The molecule has 0 saturated carbocycles. The van der Waals surface area contributed by atoms with Gasteiger partial charge in [0.25, 0.3) is 0 Å². The predicted octanol–water partition coefficient (Wildman–Crippen LogP) is 2.48. The Morgan fingerprint density at radius 3 is 2.53 bits per heavy atom. The summed E-state index contributed by atoms with van der Waals surface area (Å²) >= 11 is 1.56. The first-order valence-corrected chi connectivity index (χ1v) is 8.40. The third-order valence-corrected chi connectivity index (χ3v) is 5.87. The van der Waals surface area contributed by atoms with Crippen LogP contribution in [0, 0.1) is 6.92 Å². The van der Waals surface area contributed by atoms with Crippen LogP contribution >= 0.6 is 11.3 Å². The third kappa shape index (κ3) is 4.41. The maximum Gasteiger partial charge on any atom is 0.150 e. The lowest BCUT2D eigenvalue weighted by Crippen LogP contribution is -2.21. The summed E-state index contributed by atoms with van der Waals surface area (Å²) < 4.78 is 22.7. The van der Waals surface area contributed by atoms with Crippen LogP contribution in [0.15, 0.2) is 12.1 Å². The lowest BCUT2D eigenvalue weighted by atomic mass is 9.99. The highest BCUT2D eigenvalue weighted by molar-refractivity contribution is 7.91. The van der Waals surface area contributed by atoms with Crippen molar-refractivity contribution in [3.63, 3.8) is 0 Å². The van der Waals surface area contributed by atoms with Crippen LogP contribution in [0.25, 0.3) is 0 Å². The smallest absolute Gasteiger partial charge is 0.150 e. The van der Waals surface area contributed by atoms with E-state index in [1.807, 2.05) is 19.1 Å². The number of aliphatic hydroxyl groups is 1. The van der Waals surface area contributed by atoms with Crippen LogP contribution in [0.1, 0.15) is 36.4 Å². The highest BCUT2D eigenvalue weighted by Crippen LogP contribution is 2.31. The molecule has 17 heavy (non-hydrogen) atoms. The topological polar surface area (TPSA) is 54.4 Å². The Labute approximate surface area is 107 Å². The van der Waals surface area contributed by atoms with Gasteiger partial charge in [-0.15, -0.1) is 11.3 Å². The second-order valence-corrected chi connectivity index (χ2v) is 8.28. The molecule has 0 bridgehead atoms. The fourth-order valence-electron chi connectivity index (χ4n) is 1.63. The van der Waals surface area contributed by atoms with Crippen LogP contribution in [0.4, 0.5) is 0 Å². The predicted molar refractivity (Wildman–Crippen MR) is 72.2 cm³/mol. The van der Waals surface area contributed by atoms with E-state index >= 15 is 0 Å². The van der Waals surface area contributed by atoms with Gasteiger partial charge >= 0.3 is 0 Å². The van der Waals surface area contributed by atoms with E-state index < -0.39 is 15.4 Å². The van der Waals surface area contributed by atoms with Gasteiger partial charge in [-0.2, -0.15) is 0 Å². The number of sulfone groups is 1. The highest BCUT2D eigenvalue weighted by atomic mass is 32.2. The normalized spacial score (nSPS) is 15.8. The second kappa shape index (κ2) is 5.50. The summed E-state index contributed by atoms with van der Waals surface area (Å²) in [5.74, 6) is 0.331. The van der Waals surface area contributed by atoms with Gasteiger partial charge in [0.2, 0.25) is 0 Å². The van der Waals surface area contributed by atoms with Crippen molar-refractivity contribution < 1.29 is 13.5 Å². The van der Waals surface area contributed by atoms with E-state index in [1.54, 1.807) is 25.2 Å². The standard InChI is InChI=1S/C12H20O3S2/c1-4-17(14,15)9-5-8-12(3,13)11-7-6-10(2)16-11/h6-7,13H,4-5,8-9H2,1-3H3. The molecule has 1 rings (SSSR count). The van der Waals surface area contributed by atoms with Gasteiger partial charge in [-0.3, -0.25) is 0 Å². The van der Waals surface area contributed by atoms with Crippen molar-refractivity contribution in [3.8, 4) is 0 Å². The van der Waals surface area contributed by atoms with Crippen molar-refractivity contribution in [2.75, 3.05) is 11.5 Å². The second-order valence-electron chi connectivity index (χ2n) is 4.52. The van der Waals surface area contributed by atoms with Crippen LogP contribution in [-0.4, -0.2) is 25.0 Å². The molecule has 0 spiro atoms. The molecular weight excluding hydrogens is 256 g/mol. The minimum Gasteiger partial charge on any atom is -0.385 e. The Hall–Kier alpha value is -0.390. The van der Waals surface area contributed by atoms with Gasteiger partial charge in [-0.05, 0) is 38.8 Å². The summed E-state index contributed by atoms with van der Waals surface area (Å²) in [6.07, 6.45) is 0.978. The first-order chi connectivity index (χ1) is 7.77. The van der Waals surface area contributed by atoms with Crippen LogP contribution < -0.4 is 0 Å². The Balaban J connectivity index is 2.57. The molecule has 1 atom stereocenters. The van der Waals surface area contributed by atoms with Crippen molar-refractivity contribution in [3.05, 3.63) is 21.9 Å². The fourth-order valence-corrected chi connectivity index (χ4v) is 3.44. The van der Waals surface area contributed by atoms with Crippen molar-refractivity contribution in [1.29, 1.82) is 0 Å². The third-order valence-electron chi connectivity index (χ3n) is 2.83. The molecule has 0 fully saturated rings. The first kappa shape index (κ1) is 14.7. The molecule has 5 heteroatoms. The zero-order valence-corrected chi connectivity index (χ0v) is 12.2. The zero-order chi connectivity index (χ0) is 13.1. The molecule has 1 unspecified atom stereocenters. The number of hydrogen-bond donors (Lipinski definition) is 1. The molecule has 0 aliphatic carbocycles. The van der Waals surface area contributed by atoms with Crippen molar-refractivity contribution >= 4 is 21.2 Å². The first-order valence-electron chi connectivity index (χ1n) is 5.76. The van der Waals surface area contributed by atoms with Gasteiger partial charge in [0.15, 0.2) is 0 Å². The van der Waals surface area contributed by atoms with Crippen molar-refractivity contribution in [2.24, 2.45) is 0 Å². The van der Waals surface area contributed by atoms with Gasteiger partial charge < -0.3 is 5.11 Å². The maximum atomic E-state index is 11.3. The molecule has 1 aromatic rings. The van der Waals surface area contributed by atoms with Crippen LogP contribution in [0.3, 0.4) is 0 Å². The summed E-state index contributed by atoms with van der Waals surface area (Å²) in [4.78, 5) is 2.06. The molecule has 0 aromatic carbocycles. The molecule has 0 amide bonds. The van der Waals surface area contributed by atoms with Gasteiger partial charge in [-0.25, -0.2) is 8.42 Å². The minimum atomic E-state index is -2.93. The van der Waals surface area contributed by atoms with E-state index in [1.165, 1.54) is 0 Å². The molecule has 0 aliphatic heterocycles. The molecule has 3 nitrogen and oxygen atoms in total. The van der Waals surface area contributed by atoms with Gasteiger partial charge in [0.1, 0.15) is 9.84 Å². The van der Waals surface area contributed by atoms with E-state index in [4.69, 9.17) is 0 Å². The lowest BCUT2D eigenvalue weighted by molar-refractivity contribution is 0.0510. The molecule has 1 heterocycles. The SMILES string of the molecule is CCS(=O)(=O)CCCC(C)(O)c1ccc(C)s1. The summed E-state index contributed by atoms with van der Waals surface area (Å²) in [5.41, 5.74) is -0.914. The number of hydrogen-bond acceptors (Lipinski definition) is 4. The molecule has 1 aromatic heterocycles. The van der Waals surface area contributed by atoms with Crippen LogP contribution in [0.5, 0.6) is 0 Å². The van der Waals surface area contributed by atoms with E-state index in [0.717, 1.165) is 9.75 Å². The zero-order valence-electron chi connectivity index (χ0n) is 10.6. The molecule has 0 saturated heterocycles. The summed E-state index contributed by atoms with van der Waals surface area (Å²) in [5, 5.41) is 10.3. The Morgan fingerprint density at radius 1 is 1.41 bits per heavy atom. The lowest BCUT2D eigenvalue weighted by Gasteiger charge is -2.21. The summed E-state index contributed by atoms with van der Waals surface area (Å²) in [6.45, 7) is 5.39. The largest absolute Gasteiger partial charge is 0.385 e. The highest BCUT2D eigenvalue weighted by Gasteiger charge is 2.25. The number of thiophene rings is 1. The average molecular weight is 276 g/mol. The minimum absolute atomic E-state index is 0.157. The quantitative estimate of drug-likeness (QED) is 0.868. The number of rotatable bonds is 6. The van der Waals surface area contributed by atoms with Crippen molar-refractivity contribution in [1.82, 2.24) is 0 Å². The molecule has 1 N–H and O–H groups in total. The number of aryl methyl sites for hydroxylation is 1. The fraction of sp³-hybridized carbons (Fsp3) is 0.667. The van der Waals surface area contributed by atoms with E-state index in [2.05, 4.69) is 0 Å². The summed E-state index contributed by atoms with van der Waals surface area (Å²) in [6, 6.07) is 3.88. The maximum absolute atomic E-state index is 11.3. The Morgan fingerprint density at radius 2 is 2.06 bits per heavy atom. The van der Waals surface area contributed by atoms with Gasteiger partial charge in [-0.1, -0.05) is 6.92 Å². The van der Waals surface area contributed by atoms with E-state index in [0.29, 0.717) is 12.8 Å². The van der Waals surface area contributed by atoms with Crippen LogP contribution in [0.2, 0.25) is 0 Å². The van der Waals surface area contributed by atoms with Crippen molar-refractivity contribution in [2.45, 2.75) is 39.2 Å². The molecule has 98 valence electrons. The van der Waals surface area contributed by atoms with E-state index in [9.17, 15) is 13.5 Å². The van der Waals surface area contributed by atoms with Gasteiger partial charge in [0, 0.05) is 15.5 Å².